The third-order valence-electron chi connectivity index (χ3n) is 9.77. The van der Waals surface area contributed by atoms with Gasteiger partial charge in [0.25, 0.3) is 0 Å². The molecule has 2 heterocycles. The molecule has 12 atom stereocenters. The van der Waals surface area contributed by atoms with Crippen LogP contribution in [0.25, 0.3) is 0 Å². The SMILES string of the molecule is CN(C(=O)OC(C)(C)C)[C@@H]1[C@@H](O)[C@@H](O[C@@H]2[C@@H](O)[C@H](O[C@H]3O[C@H](CN(CCF)C(=O)OC(C)(C)C)CC[C@H]3NC(=O)OC(C)(C)C)[C@@H](NC(=O)OC(C)(C)C)C[C@H]2N)OC[C@]1(C)O. The summed E-state index contributed by atoms with van der Waals surface area (Å²) < 4.78 is 60.6. The minimum absolute atomic E-state index is 0.101. The maximum Gasteiger partial charge on any atom is 0.410 e. The van der Waals surface area contributed by atoms with Crippen LogP contribution in [0.2, 0.25) is 0 Å². The van der Waals surface area contributed by atoms with E-state index in [4.69, 9.17) is 43.6 Å². The molecule has 0 aromatic carbocycles. The molecule has 0 spiro atoms. The minimum Gasteiger partial charge on any atom is -0.444 e. The molecular weight excluding hydrogens is 821 g/mol. The molecule has 360 valence electrons. The number of hydrogen-bond acceptors (Lipinski definition) is 16. The Morgan fingerprint density at radius 3 is 1.77 bits per heavy atom. The van der Waals surface area contributed by atoms with Gasteiger partial charge in [0.1, 0.15) is 59.1 Å². The molecular formula is C41H74FN5O15. The highest BCUT2D eigenvalue weighted by Crippen LogP contribution is 2.35. The molecule has 62 heavy (non-hydrogen) atoms. The van der Waals surface area contributed by atoms with E-state index >= 15 is 0 Å². The third kappa shape index (κ3) is 16.0. The van der Waals surface area contributed by atoms with Crippen molar-refractivity contribution in [3.8, 4) is 0 Å². The molecule has 2 saturated heterocycles. The average Bonchev–Trinajstić information content (AvgIpc) is 3.06. The number of ether oxygens (including phenoxy) is 8. The number of amides is 4. The molecule has 4 amide bonds. The van der Waals surface area contributed by atoms with E-state index in [1.54, 1.807) is 83.1 Å². The number of hydrogen-bond donors (Lipinski definition) is 6. The summed E-state index contributed by atoms with van der Waals surface area (Å²) in [5.41, 5.74) is 1.30. The molecule has 0 aromatic heterocycles. The van der Waals surface area contributed by atoms with Crippen LogP contribution in [0.3, 0.4) is 0 Å². The lowest BCUT2D eigenvalue weighted by atomic mass is 9.83. The van der Waals surface area contributed by atoms with E-state index in [1.807, 2.05) is 0 Å². The number of nitrogens with one attached hydrogen (secondary N) is 2. The molecule has 2 aliphatic heterocycles. The van der Waals surface area contributed by atoms with Crippen LogP contribution in [-0.4, -0.2) is 178 Å². The summed E-state index contributed by atoms with van der Waals surface area (Å²) in [6.45, 7) is 19.8. The summed E-state index contributed by atoms with van der Waals surface area (Å²) in [6.07, 6.45) is -12.8. The third-order valence-corrected chi connectivity index (χ3v) is 9.77. The standard InChI is InChI=1S/C41H74FN5O15/c1-37(2,3)59-33(50)44-24-16-15-22(20-47(18-17-42)36(53)62-40(10,11)12)56-31(24)58-29-25(45-34(51)60-38(4,5)6)19-23(43)28(26(29)48)57-32-27(49)30(41(13,54)21-55-32)46(14)35(52)61-39(7,8)9/h22-32,48-49,54H,15-21,43H2,1-14H3,(H,44,50)(H,45,51)/t22-,23+,24+,25-,26+,27+,28-,29+,30+,31+,32+,41-/m0/s1. The number of likely N-dealkylation sites (N-methyl/N-ethyl adjacent to an activating group) is 1. The van der Waals surface area contributed by atoms with Crippen LogP contribution in [0, 0.1) is 0 Å². The quantitative estimate of drug-likeness (QED) is 0.163. The minimum atomic E-state index is -1.78. The average molecular weight is 896 g/mol. The monoisotopic (exact) mass is 896 g/mol. The van der Waals surface area contributed by atoms with E-state index in [9.17, 15) is 38.9 Å². The molecule has 20 nitrogen and oxygen atoms in total. The largest absolute Gasteiger partial charge is 0.444 e. The fraction of sp³-hybridized carbons (Fsp3) is 0.902. The highest BCUT2D eigenvalue weighted by molar-refractivity contribution is 5.69. The van der Waals surface area contributed by atoms with Crippen LogP contribution in [0.4, 0.5) is 23.6 Å². The Morgan fingerprint density at radius 2 is 1.26 bits per heavy atom. The number of nitrogens with zero attached hydrogens (tertiary/aromatic N) is 2. The molecule has 0 bridgehead atoms. The predicted molar refractivity (Wildman–Crippen MR) is 220 cm³/mol. The van der Waals surface area contributed by atoms with Gasteiger partial charge in [0, 0.05) is 13.1 Å². The van der Waals surface area contributed by atoms with Gasteiger partial charge in [-0.25, -0.2) is 23.6 Å². The number of aliphatic hydroxyl groups is 3. The Hall–Kier alpha value is -3.31. The van der Waals surface area contributed by atoms with Gasteiger partial charge < -0.3 is 79.4 Å². The zero-order chi connectivity index (χ0) is 47.3. The number of alkyl halides is 1. The smallest absolute Gasteiger partial charge is 0.410 e. The first-order valence-corrected chi connectivity index (χ1v) is 21.1. The van der Waals surface area contributed by atoms with E-state index < -0.39 is 133 Å². The lowest BCUT2D eigenvalue weighted by molar-refractivity contribution is -0.314. The van der Waals surface area contributed by atoms with Crippen LogP contribution < -0.4 is 16.4 Å². The normalized spacial score (nSPS) is 32.2. The molecule has 1 saturated carbocycles. The number of nitrogens with two attached hydrogens (primary N) is 1. The summed E-state index contributed by atoms with van der Waals surface area (Å²) in [5, 5.41) is 40.5. The zero-order valence-electron chi connectivity index (χ0n) is 38.9. The molecule has 21 heteroatoms. The molecule has 3 rings (SSSR count). The number of carbonyl (C=O) groups is 4. The zero-order valence-corrected chi connectivity index (χ0v) is 38.9. The molecule has 3 fully saturated rings. The van der Waals surface area contributed by atoms with Crippen molar-refractivity contribution < 1.29 is 76.8 Å². The van der Waals surface area contributed by atoms with Crippen molar-refractivity contribution in [1.82, 2.24) is 20.4 Å². The number of alkyl carbamates (subject to hydrolysis) is 2. The maximum atomic E-state index is 13.7. The fourth-order valence-electron chi connectivity index (χ4n) is 7.32. The van der Waals surface area contributed by atoms with Crippen molar-refractivity contribution in [3.63, 3.8) is 0 Å². The molecule has 1 aliphatic carbocycles. The van der Waals surface area contributed by atoms with Gasteiger partial charge in [0.2, 0.25) is 0 Å². The second kappa shape index (κ2) is 20.7. The van der Waals surface area contributed by atoms with Crippen LogP contribution in [0.5, 0.6) is 0 Å². The maximum absolute atomic E-state index is 13.7. The lowest BCUT2D eigenvalue weighted by Crippen LogP contribution is -2.70. The lowest BCUT2D eigenvalue weighted by Gasteiger charge is -2.50. The number of aliphatic hydroxyl groups excluding tert-OH is 2. The second-order valence-corrected chi connectivity index (χ2v) is 20.5. The van der Waals surface area contributed by atoms with Gasteiger partial charge in [0.15, 0.2) is 12.6 Å². The fourth-order valence-corrected chi connectivity index (χ4v) is 7.32. The Bertz CT molecular complexity index is 1510. The first-order valence-electron chi connectivity index (χ1n) is 21.1. The topological polar surface area (TPSA) is 259 Å². The summed E-state index contributed by atoms with van der Waals surface area (Å²) in [6, 6.07) is -4.36. The Labute approximate surface area is 364 Å². The highest BCUT2D eigenvalue weighted by Gasteiger charge is 2.54. The van der Waals surface area contributed by atoms with Gasteiger partial charge in [-0.1, -0.05) is 0 Å². The molecule has 7 N–H and O–H groups in total. The molecule has 3 aliphatic rings. The van der Waals surface area contributed by atoms with Gasteiger partial charge >= 0.3 is 24.4 Å². The van der Waals surface area contributed by atoms with Crippen LogP contribution in [0.1, 0.15) is 109 Å². The van der Waals surface area contributed by atoms with Crippen LogP contribution in [-0.2, 0) is 37.9 Å². The van der Waals surface area contributed by atoms with E-state index in [2.05, 4.69) is 10.6 Å². The van der Waals surface area contributed by atoms with Gasteiger partial charge in [-0.3, -0.25) is 0 Å². The van der Waals surface area contributed by atoms with Crippen molar-refractivity contribution in [2.24, 2.45) is 5.73 Å². The summed E-state index contributed by atoms with van der Waals surface area (Å²) >= 11 is 0. The Kier molecular flexibility index (Phi) is 17.7. The van der Waals surface area contributed by atoms with Crippen molar-refractivity contribution >= 4 is 24.4 Å². The van der Waals surface area contributed by atoms with Gasteiger partial charge in [-0.2, -0.15) is 0 Å². The Morgan fingerprint density at radius 1 is 0.758 bits per heavy atom. The summed E-state index contributed by atoms with van der Waals surface area (Å²) in [4.78, 5) is 54.7. The number of rotatable bonds is 11. The van der Waals surface area contributed by atoms with Crippen LogP contribution in [0.15, 0.2) is 0 Å². The Balaban J connectivity index is 2.00. The van der Waals surface area contributed by atoms with Crippen molar-refractivity contribution in [1.29, 1.82) is 0 Å². The molecule has 0 aromatic rings. The first-order chi connectivity index (χ1) is 28.2. The molecule has 0 unspecified atom stereocenters. The van der Waals surface area contributed by atoms with Crippen molar-refractivity contribution in [2.45, 2.75) is 205 Å². The van der Waals surface area contributed by atoms with Gasteiger partial charge in [-0.05, 0) is 109 Å². The summed E-state index contributed by atoms with van der Waals surface area (Å²) in [5.74, 6) is 0. The second-order valence-electron chi connectivity index (χ2n) is 20.5. The van der Waals surface area contributed by atoms with E-state index in [0.717, 1.165) is 4.90 Å². The first kappa shape index (κ1) is 53.0. The van der Waals surface area contributed by atoms with E-state index in [-0.39, 0.29) is 32.4 Å². The number of halogens is 1. The van der Waals surface area contributed by atoms with E-state index in [1.165, 1.54) is 18.9 Å². The molecule has 0 radical (unpaired) electrons. The number of carbonyl (C=O) groups excluding carboxylic acids is 4. The van der Waals surface area contributed by atoms with Crippen LogP contribution >= 0.6 is 0 Å². The highest BCUT2D eigenvalue weighted by atomic mass is 19.1. The van der Waals surface area contributed by atoms with Crippen molar-refractivity contribution in [3.05, 3.63) is 0 Å². The van der Waals surface area contributed by atoms with Gasteiger partial charge in [0.05, 0.1) is 43.9 Å². The summed E-state index contributed by atoms with van der Waals surface area (Å²) in [7, 11) is 1.35. The predicted octanol–water partition coefficient (Wildman–Crippen LogP) is 3.05. The van der Waals surface area contributed by atoms with E-state index in [0.29, 0.717) is 0 Å². The van der Waals surface area contributed by atoms with Crippen molar-refractivity contribution in [2.75, 3.05) is 33.4 Å². The van der Waals surface area contributed by atoms with Gasteiger partial charge in [-0.15, -0.1) is 0 Å².